The summed E-state index contributed by atoms with van der Waals surface area (Å²) in [6.07, 6.45) is 1.79. The van der Waals surface area contributed by atoms with Crippen LogP contribution in [0, 0.1) is 6.92 Å². The minimum absolute atomic E-state index is 0.0675. The van der Waals surface area contributed by atoms with E-state index in [0.717, 1.165) is 16.8 Å². The fraction of sp³-hybridized carbons (Fsp3) is 0.174. The summed E-state index contributed by atoms with van der Waals surface area (Å²) in [6.45, 7) is 1.91. The lowest BCUT2D eigenvalue weighted by atomic mass is 9.85. The zero-order valence-corrected chi connectivity index (χ0v) is 16.4. The lowest BCUT2D eigenvalue weighted by molar-refractivity contribution is -0.135. The first-order chi connectivity index (χ1) is 14.4. The first-order valence-corrected chi connectivity index (χ1v) is 9.52. The van der Waals surface area contributed by atoms with E-state index in [2.05, 4.69) is 5.10 Å². The monoisotopic (exact) mass is 402 g/mol. The van der Waals surface area contributed by atoms with E-state index in [1.165, 1.54) is 12.1 Å². The number of nitrogens with zero attached hydrogens (tertiary/aromatic N) is 2. The highest BCUT2D eigenvalue weighted by Gasteiger charge is 2.35. The summed E-state index contributed by atoms with van der Waals surface area (Å²) < 4.78 is 13.3. The third kappa shape index (κ3) is 2.70. The zero-order valence-electron chi connectivity index (χ0n) is 16.4. The van der Waals surface area contributed by atoms with Gasteiger partial charge in [-0.25, -0.2) is 0 Å². The van der Waals surface area contributed by atoms with Gasteiger partial charge >= 0.3 is 5.97 Å². The number of aromatic nitrogens is 2. The molecule has 7 nitrogen and oxygen atoms in total. The van der Waals surface area contributed by atoms with Crippen molar-refractivity contribution in [3.8, 4) is 22.8 Å². The molecule has 1 aliphatic rings. The van der Waals surface area contributed by atoms with E-state index in [0.29, 0.717) is 11.3 Å². The Labute approximate surface area is 171 Å². The van der Waals surface area contributed by atoms with Crippen molar-refractivity contribution < 1.29 is 19.1 Å². The molecule has 0 aliphatic carbocycles. The molecule has 7 heteroatoms. The highest BCUT2D eigenvalue weighted by Crippen LogP contribution is 2.46. The molecule has 0 radical (unpaired) electrons. The van der Waals surface area contributed by atoms with Gasteiger partial charge in [0.15, 0.2) is 5.43 Å². The van der Waals surface area contributed by atoms with Crippen molar-refractivity contribution in [3.63, 3.8) is 0 Å². The lowest BCUT2D eigenvalue weighted by Crippen LogP contribution is -2.22. The summed E-state index contributed by atoms with van der Waals surface area (Å²) in [6, 6.07) is 11.9. The van der Waals surface area contributed by atoms with Crippen LogP contribution in [-0.4, -0.2) is 20.9 Å². The Hall–Kier alpha value is -3.87. The average molecular weight is 402 g/mol. The van der Waals surface area contributed by atoms with Crippen molar-refractivity contribution in [2.45, 2.75) is 19.3 Å². The number of rotatable bonds is 2. The average Bonchev–Trinajstić information content (AvgIpc) is 3.05. The molecule has 0 unspecified atom stereocenters. The van der Waals surface area contributed by atoms with E-state index < -0.39 is 11.9 Å². The van der Waals surface area contributed by atoms with Crippen LogP contribution in [0.25, 0.3) is 22.3 Å². The van der Waals surface area contributed by atoms with E-state index in [9.17, 15) is 14.7 Å². The highest BCUT2D eigenvalue weighted by atomic mass is 16.5. The van der Waals surface area contributed by atoms with Gasteiger partial charge in [0.2, 0.25) is 0 Å². The van der Waals surface area contributed by atoms with E-state index in [1.807, 2.05) is 44.3 Å². The van der Waals surface area contributed by atoms with Gasteiger partial charge in [0.05, 0.1) is 12.6 Å². The zero-order chi connectivity index (χ0) is 21.0. The van der Waals surface area contributed by atoms with Crippen molar-refractivity contribution in [2.75, 3.05) is 0 Å². The topological polar surface area (TPSA) is 94.6 Å². The van der Waals surface area contributed by atoms with Gasteiger partial charge in [-0.3, -0.25) is 14.3 Å². The Bertz CT molecular complexity index is 1370. The molecular weight excluding hydrogens is 384 g/mol. The van der Waals surface area contributed by atoms with Gasteiger partial charge in [-0.1, -0.05) is 30.3 Å². The predicted octanol–water partition coefficient (Wildman–Crippen LogP) is 3.65. The van der Waals surface area contributed by atoms with Gasteiger partial charge in [-0.05, 0) is 6.92 Å². The first-order valence-electron chi connectivity index (χ1n) is 9.52. The number of carbonyl (C=O) groups is 1. The first kappa shape index (κ1) is 18.2. The van der Waals surface area contributed by atoms with Gasteiger partial charge in [-0.15, -0.1) is 0 Å². The Kier molecular flexibility index (Phi) is 3.99. The van der Waals surface area contributed by atoms with Gasteiger partial charge in [-0.2, -0.15) is 5.10 Å². The number of aryl methyl sites for hydroxylation is 1. The number of hydrogen-bond donors (Lipinski definition) is 1. The normalized spacial score (nSPS) is 15.8. The van der Waals surface area contributed by atoms with E-state index in [4.69, 9.17) is 9.15 Å². The molecule has 0 fully saturated rings. The quantitative estimate of drug-likeness (QED) is 0.406. The number of phenols is 1. The molecule has 1 N–H and O–H groups in total. The number of benzene rings is 2. The number of carbonyl (C=O) groups excluding carboxylic acids is 1. The molecule has 4 aromatic rings. The highest BCUT2D eigenvalue weighted by molar-refractivity contribution is 5.93. The summed E-state index contributed by atoms with van der Waals surface area (Å²) in [7, 11) is 1.82. The van der Waals surface area contributed by atoms with Crippen LogP contribution in [0.15, 0.2) is 57.9 Å². The Morgan fingerprint density at radius 2 is 1.93 bits per heavy atom. The molecule has 150 valence electrons. The molecule has 2 aromatic heterocycles. The van der Waals surface area contributed by atoms with Crippen LogP contribution in [-0.2, 0) is 11.8 Å². The SMILES string of the molecule is Cc1c([C@H]2CC(=O)Oc3cc(O)c4c(=O)cc(-c5ccccc5)oc4c32)cnn1C. The molecule has 2 aromatic carbocycles. The van der Waals surface area contributed by atoms with Crippen LogP contribution in [0.1, 0.15) is 29.2 Å². The van der Waals surface area contributed by atoms with Crippen LogP contribution in [0.4, 0.5) is 0 Å². The Balaban J connectivity index is 1.86. The van der Waals surface area contributed by atoms with Crippen molar-refractivity contribution in [3.05, 3.63) is 75.7 Å². The second-order valence-corrected chi connectivity index (χ2v) is 7.39. The van der Waals surface area contributed by atoms with Crippen molar-refractivity contribution in [1.29, 1.82) is 0 Å². The lowest BCUT2D eigenvalue weighted by Gasteiger charge is -2.25. The molecular formula is C23H18N2O5. The molecule has 1 aliphatic heterocycles. The molecule has 0 amide bonds. The molecule has 0 saturated heterocycles. The summed E-state index contributed by atoms with van der Waals surface area (Å²) in [5.74, 6) is -0.547. The summed E-state index contributed by atoms with van der Waals surface area (Å²) in [5.41, 5.74) is 2.88. The van der Waals surface area contributed by atoms with Crippen molar-refractivity contribution in [2.24, 2.45) is 7.05 Å². The molecule has 0 bridgehead atoms. The fourth-order valence-corrected chi connectivity index (χ4v) is 4.03. The van der Waals surface area contributed by atoms with E-state index in [1.54, 1.807) is 10.9 Å². The number of hydrogen-bond acceptors (Lipinski definition) is 6. The number of esters is 1. The summed E-state index contributed by atoms with van der Waals surface area (Å²) in [5, 5.41) is 14.9. The minimum Gasteiger partial charge on any atom is -0.507 e. The second-order valence-electron chi connectivity index (χ2n) is 7.39. The van der Waals surface area contributed by atoms with Crippen LogP contribution >= 0.6 is 0 Å². The Morgan fingerprint density at radius 1 is 1.17 bits per heavy atom. The largest absolute Gasteiger partial charge is 0.507 e. The smallest absolute Gasteiger partial charge is 0.312 e. The van der Waals surface area contributed by atoms with E-state index >= 15 is 0 Å². The number of fused-ring (bicyclic) bond motifs is 3. The van der Waals surface area contributed by atoms with Gasteiger partial charge < -0.3 is 14.3 Å². The summed E-state index contributed by atoms with van der Waals surface area (Å²) >= 11 is 0. The van der Waals surface area contributed by atoms with Crippen molar-refractivity contribution in [1.82, 2.24) is 9.78 Å². The van der Waals surface area contributed by atoms with Gasteiger partial charge in [0, 0.05) is 47.5 Å². The predicted molar refractivity (Wildman–Crippen MR) is 110 cm³/mol. The maximum absolute atomic E-state index is 12.9. The maximum Gasteiger partial charge on any atom is 0.312 e. The molecule has 0 saturated carbocycles. The van der Waals surface area contributed by atoms with Crippen LogP contribution in [0.5, 0.6) is 11.5 Å². The third-order valence-corrected chi connectivity index (χ3v) is 5.63. The van der Waals surface area contributed by atoms with Crippen molar-refractivity contribution >= 4 is 16.9 Å². The fourth-order valence-electron chi connectivity index (χ4n) is 4.03. The van der Waals surface area contributed by atoms with Crippen LogP contribution in [0.3, 0.4) is 0 Å². The Morgan fingerprint density at radius 3 is 2.63 bits per heavy atom. The molecule has 0 spiro atoms. The molecule has 30 heavy (non-hydrogen) atoms. The third-order valence-electron chi connectivity index (χ3n) is 5.63. The maximum atomic E-state index is 12.9. The standard InChI is InChI=1S/C23H18N2O5/c1-12-15(11-24-25(12)2)14-8-20(28)29-19-10-17(27)22-16(26)9-18(30-23(22)21(14)19)13-6-4-3-5-7-13/h3-7,9-11,14,27H,8H2,1-2H3/t14-/m1/s1. The van der Waals surface area contributed by atoms with Gasteiger partial charge in [0.1, 0.15) is 28.2 Å². The molecule has 3 heterocycles. The van der Waals surface area contributed by atoms with Crippen LogP contribution in [0.2, 0.25) is 0 Å². The van der Waals surface area contributed by atoms with E-state index in [-0.39, 0.29) is 34.3 Å². The number of ether oxygens (including phenoxy) is 1. The number of phenolic OH excluding ortho intramolecular Hbond substituents is 1. The number of aromatic hydroxyl groups is 1. The summed E-state index contributed by atoms with van der Waals surface area (Å²) in [4.78, 5) is 25.2. The minimum atomic E-state index is -0.420. The second kappa shape index (κ2) is 6.59. The van der Waals surface area contributed by atoms with Crippen LogP contribution < -0.4 is 10.2 Å². The molecule has 1 atom stereocenters. The molecule has 5 rings (SSSR count). The van der Waals surface area contributed by atoms with Gasteiger partial charge in [0.25, 0.3) is 0 Å².